The van der Waals surface area contributed by atoms with Crippen LogP contribution >= 0.6 is 0 Å². The van der Waals surface area contributed by atoms with Gasteiger partial charge in [-0.1, -0.05) is 6.07 Å². The number of hydrogen-bond donors (Lipinski definition) is 1. The van der Waals surface area contributed by atoms with Crippen molar-refractivity contribution >= 4 is 5.91 Å². The van der Waals surface area contributed by atoms with E-state index in [1.807, 2.05) is 26.2 Å². The van der Waals surface area contributed by atoms with Gasteiger partial charge in [0.2, 0.25) is 0 Å². The SMILES string of the molecule is COc1cccc(O[C@H](C)C(=O)NCCCN(C)C)c1. The molecule has 0 radical (unpaired) electrons. The van der Waals surface area contributed by atoms with Crippen LogP contribution in [0.2, 0.25) is 0 Å². The van der Waals surface area contributed by atoms with Crippen molar-refractivity contribution in [2.45, 2.75) is 19.4 Å². The van der Waals surface area contributed by atoms with Crippen molar-refractivity contribution in [3.05, 3.63) is 24.3 Å². The summed E-state index contributed by atoms with van der Waals surface area (Å²) in [7, 11) is 5.62. The number of amides is 1. The van der Waals surface area contributed by atoms with Crippen LogP contribution in [0.3, 0.4) is 0 Å². The summed E-state index contributed by atoms with van der Waals surface area (Å²) in [6.45, 7) is 3.34. The Balaban J connectivity index is 2.37. The molecule has 0 aliphatic heterocycles. The Labute approximate surface area is 120 Å². The predicted molar refractivity (Wildman–Crippen MR) is 79.3 cm³/mol. The summed E-state index contributed by atoms with van der Waals surface area (Å²) in [5.41, 5.74) is 0. The fourth-order valence-electron chi connectivity index (χ4n) is 1.68. The van der Waals surface area contributed by atoms with Crippen molar-refractivity contribution in [1.29, 1.82) is 0 Å². The predicted octanol–water partition coefficient (Wildman–Crippen LogP) is 1.53. The topological polar surface area (TPSA) is 50.8 Å². The molecule has 1 rings (SSSR count). The van der Waals surface area contributed by atoms with Crippen molar-refractivity contribution in [2.24, 2.45) is 0 Å². The highest BCUT2D eigenvalue weighted by atomic mass is 16.5. The molecule has 0 aliphatic rings. The van der Waals surface area contributed by atoms with E-state index < -0.39 is 6.10 Å². The molecule has 0 heterocycles. The van der Waals surface area contributed by atoms with Gasteiger partial charge in [-0.15, -0.1) is 0 Å². The van der Waals surface area contributed by atoms with Gasteiger partial charge < -0.3 is 19.7 Å². The highest BCUT2D eigenvalue weighted by Gasteiger charge is 2.14. The Morgan fingerprint density at radius 2 is 2.05 bits per heavy atom. The van der Waals surface area contributed by atoms with E-state index in [1.54, 1.807) is 26.2 Å². The summed E-state index contributed by atoms with van der Waals surface area (Å²) in [5, 5.41) is 2.86. The summed E-state index contributed by atoms with van der Waals surface area (Å²) in [6.07, 6.45) is 0.395. The lowest BCUT2D eigenvalue weighted by Crippen LogP contribution is -2.37. The molecule has 0 saturated carbocycles. The number of carbonyl (C=O) groups is 1. The minimum absolute atomic E-state index is 0.105. The maximum Gasteiger partial charge on any atom is 0.260 e. The summed E-state index contributed by atoms with van der Waals surface area (Å²) in [4.78, 5) is 14.0. The van der Waals surface area contributed by atoms with Gasteiger partial charge in [0.25, 0.3) is 5.91 Å². The molecule has 5 nitrogen and oxygen atoms in total. The number of methoxy groups -OCH3 is 1. The van der Waals surface area contributed by atoms with E-state index in [2.05, 4.69) is 10.2 Å². The largest absolute Gasteiger partial charge is 0.497 e. The molecule has 1 N–H and O–H groups in total. The van der Waals surface area contributed by atoms with Gasteiger partial charge in [-0.25, -0.2) is 0 Å². The van der Waals surface area contributed by atoms with Crippen LogP contribution in [0.25, 0.3) is 0 Å². The number of nitrogens with zero attached hydrogens (tertiary/aromatic N) is 1. The van der Waals surface area contributed by atoms with Crippen LogP contribution in [-0.2, 0) is 4.79 Å². The van der Waals surface area contributed by atoms with Crippen LogP contribution in [0.15, 0.2) is 24.3 Å². The zero-order valence-electron chi connectivity index (χ0n) is 12.7. The second-order valence-corrected chi connectivity index (χ2v) is 4.89. The molecule has 20 heavy (non-hydrogen) atoms. The van der Waals surface area contributed by atoms with Crippen LogP contribution in [0.5, 0.6) is 11.5 Å². The molecule has 0 unspecified atom stereocenters. The maximum absolute atomic E-state index is 11.9. The number of rotatable bonds is 8. The van der Waals surface area contributed by atoms with Gasteiger partial charge in [-0.05, 0) is 46.1 Å². The third kappa shape index (κ3) is 5.93. The smallest absolute Gasteiger partial charge is 0.260 e. The normalized spacial score (nSPS) is 12.1. The lowest BCUT2D eigenvalue weighted by Gasteiger charge is -2.16. The zero-order chi connectivity index (χ0) is 15.0. The zero-order valence-corrected chi connectivity index (χ0v) is 12.7. The molecular weight excluding hydrogens is 256 g/mol. The molecule has 0 saturated heterocycles. The minimum Gasteiger partial charge on any atom is -0.497 e. The molecular formula is C15H24N2O3. The van der Waals surface area contributed by atoms with Crippen molar-refractivity contribution in [2.75, 3.05) is 34.3 Å². The summed E-state index contributed by atoms with van der Waals surface area (Å²) in [5.74, 6) is 1.23. The van der Waals surface area contributed by atoms with E-state index in [-0.39, 0.29) is 5.91 Å². The first-order chi connectivity index (χ1) is 9.52. The molecule has 1 amide bonds. The van der Waals surface area contributed by atoms with Crippen molar-refractivity contribution in [1.82, 2.24) is 10.2 Å². The van der Waals surface area contributed by atoms with Gasteiger partial charge in [0.1, 0.15) is 11.5 Å². The van der Waals surface area contributed by atoms with E-state index in [9.17, 15) is 4.79 Å². The number of nitrogens with one attached hydrogen (secondary N) is 1. The molecule has 0 aromatic heterocycles. The first kappa shape index (κ1) is 16.3. The Kier molecular flexibility index (Phi) is 6.87. The fourth-order valence-corrected chi connectivity index (χ4v) is 1.68. The molecule has 5 heteroatoms. The average molecular weight is 280 g/mol. The Morgan fingerprint density at radius 3 is 2.70 bits per heavy atom. The second kappa shape index (κ2) is 8.43. The van der Waals surface area contributed by atoms with Crippen molar-refractivity contribution in [3.8, 4) is 11.5 Å². The van der Waals surface area contributed by atoms with Gasteiger partial charge in [0.15, 0.2) is 6.10 Å². The molecule has 1 aromatic rings. The highest BCUT2D eigenvalue weighted by Crippen LogP contribution is 2.19. The highest BCUT2D eigenvalue weighted by molar-refractivity contribution is 5.80. The maximum atomic E-state index is 11.9. The van der Waals surface area contributed by atoms with Gasteiger partial charge >= 0.3 is 0 Å². The average Bonchev–Trinajstić information content (AvgIpc) is 2.43. The number of benzene rings is 1. The summed E-state index contributed by atoms with van der Waals surface area (Å²) >= 11 is 0. The molecule has 0 bridgehead atoms. The van der Waals surface area contributed by atoms with Gasteiger partial charge in [-0.3, -0.25) is 4.79 Å². The lowest BCUT2D eigenvalue weighted by atomic mass is 10.3. The molecule has 112 valence electrons. The van der Waals surface area contributed by atoms with Crippen molar-refractivity contribution in [3.63, 3.8) is 0 Å². The van der Waals surface area contributed by atoms with E-state index in [0.717, 1.165) is 13.0 Å². The molecule has 0 fully saturated rings. The fraction of sp³-hybridized carbons (Fsp3) is 0.533. The minimum atomic E-state index is -0.526. The summed E-state index contributed by atoms with van der Waals surface area (Å²) < 4.78 is 10.7. The van der Waals surface area contributed by atoms with Gasteiger partial charge in [-0.2, -0.15) is 0 Å². The number of hydrogen-bond acceptors (Lipinski definition) is 4. The Bertz CT molecular complexity index is 421. The molecule has 0 aliphatic carbocycles. The summed E-state index contributed by atoms with van der Waals surface area (Å²) in [6, 6.07) is 7.23. The van der Waals surface area contributed by atoms with E-state index >= 15 is 0 Å². The monoisotopic (exact) mass is 280 g/mol. The van der Waals surface area contributed by atoms with Crippen LogP contribution in [-0.4, -0.2) is 51.2 Å². The van der Waals surface area contributed by atoms with Gasteiger partial charge in [0, 0.05) is 12.6 Å². The van der Waals surface area contributed by atoms with Crippen LogP contribution in [0.4, 0.5) is 0 Å². The lowest BCUT2D eigenvalue weighted by molar-refractivity contribution is -0.127. The first-order valence-corrected chi connectivity index (χ1v) is 6.76. The number of carbonyl (C=O) groups excluding carboxylic acids is 1. The second-order valence-electron chi connectivity index (χ2n) is 4.89. The third-order valence-electron chi connectivity index (χ3n) is 2.80. The Morgan fingerprint density at radius 1 is 1.35 bits per heavy atom. The van der Waals surface area contributed by atoms with Crippen molar-refractivity contribution < 1.29 is 14.3 Å². The number of ether oxygens (including phenoxy) is 2. The van der Waals surface area contributed by atoms with E-state index in [0.29, 0.717) is 18.0 Å². The third-order valence-corrected chi connectivity index (χ3v) is 2.80. The van der Waals surface area contributed by atoms with E-state index in [1.165, 1.54) is 0 Å². The first-order valence-electron chi connectivity index (χ1n) is 6.76. The molecule has 1 atom stereocenters. The molecule has 0 spiro atoms. The standard InChI is InChI=1S/C15H24N2O3/c1-12(15(18)16-9-6-10-17(2)3)20-14-8-5-7-13(11-14)19-4/h5,7-8,11-12H,6,9-10H2,1-4H3,(H,16,18)/t12-/m1/s1. The quantitative estimate of drug-likeness (QED) is 0.734. The van der Waals surface area contributed by atoms with Crippen LogP contribution < -0.4 is 14.8 Å². The van der Waals surface area contributed by atoms with Gasteiger partial charge in [0.05, 0.1) is 7.11 Å². The molecule has 1 aromatic carbocycles. The van der Waals surface area contributed by atoms with Crippen LogP contribution in [0, 0.1) is 0 Å². The Hall–Kier alpha value is -1.75. The van der Waals surface area contributed by atoms with E-state index in [4.69, 9.17) is 9.47 Å². The van der Waals surface area contributed by atoms with Crippen LogP contribution in [0.1, 0.15) is 13.3 Å².